The maximum atomic E-state index is 13.6. The molecule has 2 N–H and O–H groups in total. The number of hydrogen-bond acceptors (Lipinski definition) is 3. The van der Waals surface area contributed by atoms with Crippen molar-refractivity contribution in [3.8, 4) is 0 Å². The van der Waals surface area contributed by atoms with Crippen LogP contribution in [0.15, 0.2) is 48.5 Å². The van der Waals surface area contributed by atoms with E-state index in [1.807, 2.05) is 30.3 Å². The van der Waals surface area contributed by atoms with Crippen molar-refractivity contribution in [3.63, 3.8) is 0 Å². The summed E-state index contributed by atoms with van der Waals surface area (Å²) in [5, 5.41) is 11.6. The Hall–Kier alpha value is -2.44. The fraction of sp³-hybridized carbons (Fsp3) is 0.263. The van der Waals surface area contributed by atoms with Crippen LogP contribution in [0, 0.1) is 5.82 Å². The topological polar surface area (TPSA) is 75.6 Å². The first-order valence-corrected chi connectivity index (χ1v) is 8.41. The van der Waals surface area contributed by atoms with E-state index < -0.39 is 17.8 Å². The molecule has 138 valence electrons. The zero-order valence-electron chi connectivity index (χ0n) is 14.0. The van der Waals surface area contributed by atoms with E-state index in [1.165, 1.54) is 12.1 Å². The van der Waals surface area contributed by atoms with Crippen LogP contribution in [0.3, 0.4) is 0 Å². The molecule has 0 spiro atoms. The third kappa shape index (κ3) is 6.46. The quantitative estimate of drug-likeness (QED) is 0.651. The van der Waals surface area contributed by atoms with Crippen LogP contribution < -0.4 is 5.32 Å². The number of rotatable bonds is 9. The summed E-state index contributed by atoms with van der Waals surface area (Å²) in [5.74, 6) is -2.15. The van der Waals surface area contributed by atoms with Gasteiger partial charge in [-0.1, -0.05) is 48.0 Å². The molecule has 7 heteroatoms. The fourth-order valence-electron chi connectivity index (χ4n) is 2.35. The molecule has 0 heterocycles. The lowest BCUT2D eigenvalue weighted by Crippen LogP contribution is -2.30. The van der Waals surface area contributed by atoms with Crippen LogP contribution in [0.2, 0.25) is 5.02 Å². The van der Waals surface area contributed by atoms with Gasteiger partial charge in [-0.2, -0.15) is 0 Å². The summed E-state index contributed by atoms with van der Waals surface area (Å²) in [6.07, 6.45) is -0.295. The molecule has 0 radical (unpaired) electrons. The SMILES string of the molecule is O=C(O)CC(NC(=O)CCOCc1ccccc1)c1ccc(Cl)c(F)c1. The summed E-state index contributed by atoms with van der Waals surface area (Å²) >= 11 is 5.64. The van der Waals surface area contributed by atoms with Crippen molar-refractivity contribution in [1.29, 1.82) is 0 Å². The molecule has 0 bridgehead atoms. The molecule has 1 unspecified atom stereocenters. The number of carbonyl (C=O) groups excluding carboxylic acids is 1. The molecule has 2 aromatic rings. The minimum Gasteiger partial charge on any atom is -0.481 e. The number of carbonyl (C=O) groups is 2. The van der Waals surface area contributed by atoms with Gasteiger partial charge in [0, 0.05) is 6.42 Å². The summed E-state index contributed by atoms with van der Waals surface area (Å²) < 4.78 is 19.1. The molecule has 2 aromatic carbocycles. The van der Waals surface area contributed by atoms with E-state index in [0.29, 0.717) is 12.2 Å². The van der Waals surface area contributed by atoms with Crippen LogP contribution >= 0.6 is 11.6 Å². The molecule has 0 saturated carbocycles. The second-order valence-electron chi connectivity index (χ2n) is 5.68. The van der Waals surface area contributed by atoms with Crippen molar-refractivity contribution >= 4 is 23.5 Å². The summed E-state index contributed by atoms with van der Waals surface area (Å²) in [5.41, 5.74) is 1.33. The van der Waals surface area contributed by atoms with Gasteiger partial charge in [-0.05, 0) is 23.3 Å². The molecule has 1 amide bonds. The van der Waals surface area contributed by atoms with Gasteiger partial charge >= 0.3 is 5.97 Å². The molecule has 26 heavy (non-hydrogen) atoms. The highest BCUT2D eigenvalue weighted by Gasteiger charge is 2.19. The van der Waals surface area contributed by atoms with Crippen LogP contribution in [-0.2, 0) is 20.9 Å². The van der Waals surface area contributed by atoms with E-state index in [2.05, 4.69) is 5.32 Å². The van der Waals surface area contributed by atoms with Crippen LogP contribution in [-0.4, -0.2) is 23.6 Å². The Balaban J connectivity index is 1.87. The summed E-state index contributed by atoms with van der Waals surface area (Å²) in [4.78, 5) is 23.1. The summed E-state index contributed by atoms with van der Waals surface area (Å²) in [7, 11) is 0. The van der Waals surface area contributed by atoms with Gasteiger partial charge in [0.15, 0.2) is 0 Å². The van der Waals surface area contributed by atoms with E-state index in [-0.39, 0.29) is 30.4 Å². The van der Waals surface area contributed by atoms with Crippen molar-refractivity contribution in [1.82, 2.24) is 5.32 Å². The first-order valence-electron chi connectivity index (χ1n) is 8.03. The fourth-order valence-corrected chi connectivity index (χ4v) is 2.47. The van der Waals surface area contributed by atoms with Crippen LogP contribution in [0.25, 0.3) is 0 Å². The minimum absolute atomic E-state index is 0.0662. The predicted molar refractivity (Wildman–Crippen MR) is 95.3 cm³/mol. The normalized spacial score (nSPS) is 11.8. The maximum Gasteiger partial charge on any atom is 0.305 e. The second kappa shape index (κ2) is 9.89. The lowest BCUT2D eigenvalue weighted by Gasteiger charge is -2.18. The highest BCUT2D eigenvalue weighted by Crippen LogP contribution is 2.22. The Morgan fingerprint density at radius 2 is 1.92 bits per heavy atom. The summed E-state index contributed by atoms with van der Waals surface area (Å²) in [6, 6.07) is 12.6. The second-order valence-corrected chi connectivity index (χ2v) is 6.09. The zero-order valence-corrected chi connectivity index (χ0v) is 14.7. The molecule has 0 aliphatic carbocycles. The Bertz CT molecular complexity index is 754. The van der Waals surface area contributed by atoms with Crippen molar-refractivity contribution in [3.05, 3.63) is 70.5 Å². The van der Waals surface area contributed by atoms with Crippen LogP contribution in [0.4, 0.5) is 4.39 Å². The van der Waals surface area contributed by atoms with Crippen LogP contribution in [0.1, 0.15) is 30.0 Å². The monoisotopic (exact) mass is 379 g/mol. The standard InChI is InChI=1S/C19H19ClFNO4/c20-15-7-6-14(10-16(15)21)17(11-19(24)25)22-18(23)8-9-26-12-13-4-2-1-3-5-13/h1-7,10,17H,8-9,11-12H2,(H,22,23)(H,24,25). The lowest BCUT2D eigenvalue weighted by molar-refractivity contribution is -0.137. The maximum absolute atomic E-state index is 13.6. The minimum atomic E-state index is -1.11. The van der Waals surface area contributed by atoms with E-state index in [9.17, 15) is 14.0 Å². The van der Waals surface area contributed by atoms with Crippen molar-refractivity contribution < 1.29 is 23.8 Å². The molecule has 0 saturated heterocycles. The largest absolute Gasteiger partial charge is 0.481 e. The van der Waals surface area contributed by atoms with Gasteiger partial charge < -0.3 is 15.2 Å². The Morgan fingerprint density at radius 3 is 2.58 bits per heavy atom. The molecule has 0 fully saturated rings. The smallest absolute Gasteiger partial charge is 0.305 e. The Kier molecular flexibility index (Phi) is 7.56. The van der Waals surface area contributed by atoms with E-state index in [1.54, 1.807) is 0 Å². The van der Waals surface area contributed by atoms with E-state index >= 15 is 0 Å². The molecule has 0 aliphatic heterocycles. The van der Waals surface area contributed by atoms with Gasteiger partial charge in [-0.3, -0.25) is 9.59 Å². The van der Waals surface area contributed by atoms with Crippen molar-refractivity contribution in [2.24, 2.45) is 0 Å². The van der Waals surface area contributed by atoms with E-state index in [4.69, 9.17) is 21.4 Å². The number of ether oxygens (including phenoxy) is 1. The number of carboxylic acids is 1. The highest BCUT2D eigenvalue weighted by atomic mass is 35.5. The average Bonchev–Trinajstić information content (AvgIpc) is 2.61. The van der Waals surface area contributed by atoms with Crippen molar-refractivity contribution in [2.75, 3.05) is 6.61 Å². The first-order chi connectivity index (χ1) is 12.5. The number of amides is 1. The molecule has 2 rings (SSSR count). The lowest BCUT2D eigenvalue weighted by atomic mass is 10.0. The molecule has 1 atom stereocenters. The number of hydrogen-bond donors (Lipinski definition) is 2. The van der Waals surface area contributed by atoms with Gasteiger partial charge in [-0.25, -0.2) is 4.39 Å². The van der Waals surface area contributed by atoms with Gasteiger partial charge in [-0.15, -0.1) is 0 Å². The molecular formula is C19H19ClFNO4. The van der Waals surface area contributed by atoms with Gasteiger partial charge in [0.1, 0.15) is 5.82 Å². The van der Waals surface area contributed by atoms with Gasteiger partial charge in [0.05, 0.1) is 30.7 Å². The number of nitrogens with one attached hydrogen (secondary N) is 1. The number of halogens is 2. The zero-order chi connectivity index (χ0) is 18.9. The molecule has 5 nitrogen and oxygen atoms in total. The van der Waals surface area contributed by atoms with E-state index in [0.717, 1.165) is 11.6 Å². The summed E-state index contributed by atoms with van der Waals surface area (Å²) in [6.45, 7) is 0.574. The average molecular weight is 380 g/mol. The molecule has 0 aromatic heterocycles. The van der Waals surface area contributed by atoms with Gasteiger partial charge in [0.2, 0.25) is 5.91 Å². The molecule has 0 aliphatic rings. The third-order valence-corrected chi connectivity index (χ3v) is 3.95. The van der Waals surface area contributed by atoms with Crippen molar-refractivity contribution in [2.45, 2.75) is 25.5 Å². The predicted octanol–water partition coefficient (Wildman–Crippen LogP) is 3.72. The number of carboxylic acid groups (broad SMARTS) is 1. The third-order valence-electron chi connectivity index (χ3n) is 3.65. The molecular weight excluding hydrogens is 361 g/mol. The van der Waals surface area contributed by atoms with Crippen LogP contribution in [0.5, 0.6) is 0 Å². The Labute approximate surface area is 155 Å². The van der Waals surface area contributed by atoms with Gasteiger partial charge in [0.25, 0.3) is 0 Å². The number of aliphatic carboxylic acids is 1. The Morgan fingerprint density at radius 1 is 1.19 bits per heavy atom. The highest BCUT2D eigenvalue weighted by molar-refractivity contribution is 6.30. The number of benzene rings is 2. The first kappa shape index (κ1) is 19.9.